The molecule has 3 fully saturated rings. The van der Waals surface area contributed by atoms with Crippen molar-refractivity contribution >= 4 is 5.78 Å². The molecule has 5 atom stereocenters. The minimum atomic E-state index is -0.329. The molecule has 2 saturated heterocycles. The lowest BCUT2D eigenvalue weighted by atomic mass is 9.59. The predicted octanol–water partition coefficient (Wildman–Crippen LogP) is 1.96. The van der Waals surface area contributed by atoms with Crippen molar-refractivity contribution in [1.29, 1.82) is 0 Å². The van der Waals surface area contributed by atoms with Crippen molar-refractivity contribution in [2.75, 3.05) is 13.1 Å². The Kier molecular flexibility index (Phi) is 2.42. The van der Waals surface area contributed by atoms with Gasteiger partial charge in [0.25, 0.3) is 0 Å². The zero-order valence-corrected chi connectivity index (χ0v) is 11.6. The Bertz CT molecular complexity index is 458. The van der Waals surface area contributed by atoms with Crippen molar-refractivity contribution in [3.05, 3.63) is 11.8 Å². The number of nitrogens with zero attached hydrogens (tertiary/aromatic N) is 1. The Morgan fingerprint density at radius 3 is 3.11 bits per heavy atom. The number of aliphatic hydroxyl groups excluding tert-OH is 1. The van der Waals surface area contributed by atoms with Gasteiger partial charge in [0, 0.05) is 36.5 Å². The first kappa shape index (κ1) is 12.0. The zero-order valence-electron chi connectivity index (χ0n) is 11.6. The molecule has 4 rings (SSSR count). The first-order chi connectivity index (χ1) is 9.11. The van der Waals surface area contributed by atoms with Crippen molar-refractivity contribution in [3.63, 3.8) is 0 Å². The Labute approximate surface area is 114 Å². The number of hydrogen-bond acceptors (Lipinski definition) is 3. The molecule has 1 N–H and O–H groups in total. The van der Waals surface area contributed by atoms with Crippen LogP contribution in [-0.2, 0) is 4.79 Å². The molecule has 0 aromatic heterocycles. The fourth-order valence-electron chi connectivity index (χ4n) is 5.48. The molecule has 2 bridgehead atoms. The zero-order chi connectivity index (χ0) is 13.2. The van der Waals surface area contributed by atoms with E-state index in [1.165, 1.54) is 12.1 Å². The van der Waals surface area contributed by atoms with Gasteiger partial charge in [-0.2, -0.15) is 0 Å². The molecule has 0 amide bonds. The highest BCUT2D eigenvalue weighted by Crippen LogP contribution is 2.62. The molecule has 1 saturated carbocycles. The second-order valence-electron chi connectivity index (χ2n) is 7.16. The van der Waals surface area contributed by atoms with E-state index in [0.717, 1.165) is 32.4 Å². The topological polar surface area (TPSA) is 40.5 Å². The second kappa shape index (κ2) is 3.85. The molecule has 1 spiro atoms. The predicted molar refractivity (Wildman–Crippen MR) is 72.3 cm³/mol. The van der Waals surface area contributed by atoms with Crippen LogP contribution in [0.2, 0.25) is 0 Å². The van der Waals surface area contributed by atoms with E-state index in [0.29, 0.717) is 24.0 Å². The third-order valence-electron chi connectivity index (χ3n) is 6.06. The number of piperidine rings is 1. The van der Waals surface area contributed by atoms with Crippen LogP contribution in [-0.4, -0.2) is 35.0 Å². The normalized spacial score (nSPS) is 48.6. The molecule has 0 aromatic rings. The summed E-state index contributed by atoms with van der Waals surface area (Å²) < 4.78 is 0. The van der Waals surface area contributed by atoms with Gasteiger partial charge in [-0.15, -0.1) is 0 Å². The SMILES string of the molecule is CC1C=C2N3CCCC24C(CC(=O)C4CC(O)C3)C1. The van der Waals surface area contributed by atoms with Gasteiger partial charge in [0.05, 0.1) is 6.10 Å². The van der Waals surface area contributed by atoms with Crippen LogP contribution in [0.5, 0.6) is 0 Å². The van der Waals surface area contributed by atoms with Gasteiger partial charge in [0.15, 0.2) is 0 Å². The van der Waals surface area contributed by atoms with Crippen molar-refractivity contribution < 1.29 is 9.90 Å². The summed E-state index contributed by atoms with van der Waals surface area (Å²) >= 11 is 0. The first-order valence-corrected chi connectivity index (χ1v) is 7.79. The van der Waals surface area contributed by atoms with Crippen LogP contribution in [0.3, 0.4) is 0 Å². The number of hydrogen-bond donors (Lipinski definition) is 1. The van der Waals surface area contributed by atoms with Gasteiger partial charge >= 0.3 is 0 Å². The van der Waals surface area contributed by atoms with E-state index in [1.807, 2.05) is 0 Å². The van der Waals surface area contributed by atoms with Crippen molar-refractivity contribution in [2.45, 2.75) is 45.1 Å². The largest absolute Gasteiger partial charge is 0.391 e. The van der Waals surface area contributed by atoms with Gasteiger partial charge in [-0.25, -0.2) is 0 Å². The lowest BCUT2D eigenvalue weighted by Gasteiger charge is -2.51. The quantitative estimate of drug-likeness (QED) is 0.724. The summed E-state index contributed by atoms with van der Waals surface area (Å²) in [7, 11) is 0. The number of Topliss-reactive ketones (excluding diaryl/α,β-unsaturated/α-hetero) is 1. The standard InChI is InChI=1S/C16H23NO2/c1-10-5-11-7-14(19)13-8-12(18)9-17-4-2-3-16(11,13)15(17)6-10/h6,10-13,18H,2-5,7-9H2,1H3. The summed E-state index contributed by atoms with van der Waals surface area (Å²) in [5.74, 6) is 1.63. The molecular weight excluding hydrogens is 238 g/mol. The van der Waals surface area contributed by atoms with E-state index in [1.54, 1.807) is 0 Å². The molecule has 2 heterocycles. The number of rotatable bonds is 0. The molecule has 2 aliphatic carbocycles. The lowest BCUT2D eigenvalue weighted by molar-refractivity contribution is -0.123. The van der Waals surface area contributed by atoms with Crippen LogP contribution in [0.1, 0.15) is 39.0 Å². The molecule has 19 heavy (non-hydrogen) atoms. The van der Waals surface area contributed by atoms with Gasteiger partial charge < -0.3 is 10.0 Å². The van der Waals surface area contributed by atoms with Crippen LogP contribution in [0.25, 0.3) is 0 Å². The lowest BCUT2D eigenvalue weighted by Crippen LogP contribution is -2.47. The number of allylic oxidation sites excluding steroid dienone is 2. The molecule has 0 radical (unpaired) electrons. The molecule has 104 valence electrons. The van der Waals surface area contributed by atoms with Crippen molar-refractivity contribution in [1.82, 2.24) is 4.90 Å². The van der Waals surface area contributed by atoms with Crippen molar-refractivity contribution in [2.24, 2.45) is 23.2 Å². The first-order valence-electron chi connectivity index (χ1n) is 7.79. The molecule has 5 unspecified atom stereocenters. The molecular formula is C16H23NO2. The average molecular weight is 261 g/mol. The minimum absolute atomic E-state index is 0.0940. The molecule has 2 aliphatic heterocycles. The van der Waals surface area contributed by atoms with Crippen LogP contribution in [0.4, 0.5) is 0 Å². The van der Waals surface area contributed by atoms with Gasteiger partial charge in [-0.1, -0.05) is 13.0 Å². The van der Waals surface area contributed by atoms with Crippen molar-refractivity contribution in [3.8, 4) is 0 Å². The van der Waals surface area contributed by atoms with Gasteiger partial charge in [-0.05, 0) is 37.5 Å². The highest BCUT2D eigenvalue weighted by atomic mass is 16.3. The summed E-state index contributed by atoms with van der Waals surface area (Å²) in [5.41, 5.74) is 1.52. The van der Waals surface area contributed by atoms with Gasteiger partial charge in [-0.3, -0.25) is 4.79 Å². The Morgan fingerprint density at radius 1 is 1.42 bits per heavy atom. The smallest absolute Gasteiger partial charge is 0.137 e. The van der Waals surface area contributed by atoms with E-state index < -0.39 is 0 Å². The average Bonchev–Trinajstić information content (AvgIpc) is 2.57. The third-order valence-corrected chi connectivity index (χ3v) is 6.06. The van der Waals surface area contributed by atoms with E-state index in [9.17, 15) is 9.90 Å². The Hall–Kier alpha value is -0.830. The maximum Gasteiger partial charge on any atom is 0.137 e. The van der Waals surface area contributed by atoms with E-state index in [4.69, 9.17) is 0 Å². The number of ketones is 1. The summed E-state index contributed by atoms with van der Waals surface area (Å²) in [6, 6.07) is 0. The maximum absolute atomic E-state index is 12.5. The fourth-order valence-corrected chi connectivity index (χ4v) is 5.48. The highest BCUT2D eigenvalue weighted by Gasteiger charge is 2.61. The van der Waals surface area contributed by atoms with Crippen LogP contribution in [0.15, 0.2) is 11.8 Å². The number of carbonyl (C=O) groups excluding carboxylic acids is 1. The summed E-state index contributed by atoms with van der Waals surface area (Å²) in [4.78, 5) is 14.9. The number of aliphatic hydroxyl groups is 1. The van der Waals surface area contributed by atoms with E-state index in [-0.39, 0.29) is 17.4 Å². The second-order valence-corrected chi connectivity index (χ2v) is 7.16. The maximum atomic E-state index is 12.5. The van der Waals surface area contributed by atoms with Gasteiger partial charge in [0.1, 0.15) is 5.78 Å². The molecule has 3 heteroatoms. The monoisotopic (exact) mass is 261 g/mol. The third kappa shape index (κ3) is 1.45. The van der Waals surface area contributed by atoms with Crippen LogP contribution < -0.4 is 0 Å². The highest BCUT2D eigenvalue weighted by molar-refractivity contribution is 5.86. The Balaban J connectivity index is 1.90. The van der Waals surface area contributed by atoms with Crippen LogP contribution >= 0.6 is 0 Å². The van der Waals surface area contributed by atoms with Gasteiger partial charge in [0.2, 0.25) is 0 Å². The molecule has 4 aliphatic rings. The van der Waals surface area contributed by atoms with Crippen LogP contribution in [0, 0.1) is 23.2 Å². The molecule has 0 aromatic carbocycles. The van der Waals surface area contributed by atoms with E-state index >= 15 is 0 Å². The number of carbonyl (C=O) groups is 1. The summed E-state index contributed by atoms with van der Waals surface area (Å²) in [6.07, 6.45) is 7.04. The Morgan fingerprint density at radius 2 is 2.26 bits per heavy atom. The molecule has 3 nitrogen and oxygen atoms in total. The minimum Gasteiger partial charge on any atom is -0.391 e. The fraction of sp³-hybridized carbons (Fsp3) is 0.812. The summed E-state index contributed by atoms with van der Waals surface area (Å²) in [6.45, 7) is 4.07. The summed E-state index contributed by atoms with van der Waals surface area (Å²) in [5, 5.41) is 10.3. The van der Waals surface area contributed by atoms with E-state index in [2.05, 4.69) is 17.9 Å².